The molecule has 15 rings (SSSR count). The number of fused-ring (bicyclic) bond motifs is 14. The van der Waals surface area contributed by atoms with Gasteiger partial charge in [-0.2, -0.15) is 0 Å². The molecule has 0 saturated heterocycles. The molecule has 0 radical (unpaired) electrons. The fourth-order valence-corrected chi connectivity index (χ4v) is 11.6. The average molecular weight is 889 g/mol. The first kappa shape index (κ1) is 38.7. The van der Waals surface area contributed by atoms with Gasteiger partial charge in [-0.1, -0.05) is 182 Å². The number of rotatable bonds is 5. The van der Waals surface area contributed by atoms with Crippen LogP contribution in [0.15, 0.2) is 243 Å². The molecule has 324 valence electrons. The third kappa shape index (κ3) is 5.77. The van der Waals surface area contributed by atoms with Crippen molar-refractivity contribution in [2.24, 2.45) is 0 Å². The first-order chi connectivity index (χ1) is 34.7. The summed E-state index contributed by atoms with van der Waals surface area (Å²) in [4.78, 5) is 10.8. The van der Waals surface area contributed by atoms with Gasteiger partial charge in [0.2, 0.25) is 0 Å². The second-order valence-corrected chi connectivity index (χ2v) is 18.5. The Kier molecular flexibility index (Phi) is 8.33. The van der Waals surface area contributed by atoms with E-state index in [1.165, 1.54) is 76.1 Å². The lowest BCUT2D eigenvalue weighted by atomic mass is 9.97. The lowest BCUT2D eigenvalue weighted by molar-refractivity contribution is 1.13. The summed E-state index contributed by atoms with van der Waals surface area (Å²) in [5, 5.41) is 14.3. The van der Waals surface area contributed by atoms with E-state index in [1.54, 1.807) is 0 Å². The van der Waals surface area contributed by atoms with E-state index in [1.807, 2.05) is 6.20 Å². The van der Waals surface area contributed by atoms with Crippen molar-refractivity contribution in [2.45, 2.75) is 0 Å². The van der Waals surface area contributed by atoms with E-state index < -0.39 is 0 Å². The van der Waals surface area contributed by atoms with Crippen molar-refractivity contribution in [3.8, 4) is 44.9 Å². The molecule has 70 heavy (non-hydrogen) atoms. The SMILES string of the molecule is c1ccc2c(-c3ccc4c(c3)c3ccccc3n4-c3cc(-c4cnc5c6ccccc6c6ccccc6c5n4)cc(-n4c5ccccc5c5cc(-c6cccc7ccccc67)ccc54)c3)cccc2c1. The summed E-state index contributed by atoms with van der Waals surface area (Å²) >= 11 is 0. The van der Waals surface area contributed by atoms with Crippen LogP contribution >= 0.6 is 0 Å². The molecule has 0 N–H and O–H groups in total. The number of para-hydroxylation sites is 2. The summed E-state index contributed by atoms with van der Waals surface area (Å²) in [6, 6.07) is 86.2. The van der Waals surface area contributed by atoms with Crippen molar-refractivity contribution in [2.75, 3.05) is 0 Å². The second-order valence-electron chi connectivity index (χ2n) is 18.5. The quantitative estimate of drug-likeness (QED) is 0.161. The van der Waals surface area contributed by atoms with Crippen LogP contribution in [0.1, 0.15) is 0 Å². The van der Waals surface area contributed by atoms with Crippen LogP contribution in [0.5, 0.6) is 0 Å². The van der Waals surface area contributed by atoms with Crippen molar-refractivity contribution in [1.82, 2.24) is 19.1 Å². The molecule has 0 atom stereocenters. The van der Waals surface area contributed by atoms with Gasteiger partial charge in [0.15, 0.2) is 0 Å². The topological polar surface area (TPSA) is 35.6 Å². The Morgan fingerprint density at radius 3 is 1.21 bits per heavy atom. The van der Waals surface area contributed by atoms with Crippen molar-refractivity contribution >= 4 is 97.7 Å². The monoisotopic (exact) mass is 888 g/mol. The van der Waals surface area contributed by atoms with Gasteiger partial charge < -0.3 is 9.13 Å². The third-order valence-corrected chi connectivity index (χ3v) is 14.7. The van der Waals surface area contributed by atoms with Crippen LogP contribution in [0.2, 0.25) is 0 Å². The van der Waals surface area contributed by atoms with Gasteiger partial charge in [0.05, 0.1) is 45.0 Å². The molecule has 3 aromatic heterocycles. The predicted molar refractivity (Wildman–Crippen MR) is 295 cm³/mol. The molecule has 0 spiro atoms. The number of nitrogens with zero attached hydrogens (tertiary/aromatic N) is 4. The molecule has 12 aromatic carbocycles. The van der Waals surface area contributed by atoms with Crippen LogP contribution in [-0.4, -0.2) is 19.1 Å². The summed E-state index contributed by atoms with van der Waals surface area (Å²) < 4.78 is 4.88. The zero-order chi connectivity index (χ0) is 45.9. The highest BCUT2D eigenvalue weighted by Gasteiger charge is 2.21. The minimum absolute atomic E-state index is 0.814. The molecular formula is C66H40N4. The molecule has 0 bridgehead atoms. The Morgan fingerprint density at radius 1 is 0.271 bits per heavy atom. The van der Waals surface area contributed by atoms with E-state index in [9.17, 15) is 0 Å². The van der Waals surface area contributed by atoms with Gasteiger partial charge in [0, 0.05) is 49.3 Å². The lowest BCUT2D eigenvalue weighted by Gasteiger charge is -2.16. The first-order valence-electron chi connectivity index (χ1n) is 24.0. The van der Waals surface area contributed by atoms with Gasteiger partial charge in [-0.15, -0.1) is 0 Å². The highest BCUT2D eigenvalue weighted by molar-refractivity contribution is 6.23. The van der Waals surface area contributed by atoms with E-state index in [0.717, 1.165) is 66.5 Å². The summed E-state index contributed by atoms with van der Waals surface area (Å²) in [5.74, 6) is 0. The average Bonchev–Trinajstić information content (AvgIpc) is 3.95. The predicted octanol–water partition coefficient (Wildman–Crippen LogP) is 17.4. The molecule has 15 aromatic rings. The number of hydrogen-bond acceptors (Lipinski definition) is 2. The lowest BCUT2D eigenvalue weighted by Crippen LogP contribution is -2.01. The van der Waals surface area contributed by atoms with E-state index in [0.29, 0.717) is 0 Å². The van der Waals surface area contributed by atoms with Crippen molar-refractivity contribution in [3.05, 3.63) is 243 Å². The maximum Gasteiger partial charge on any atom is 0.0979 e. The van der Waals surface area contributed by atoms with Crippen LogP contribution in [0, 0.1) is 0 Å². The minimum Gasteiger partial charge on any atom is -0.309 e. The van der Waals surface area contributed by atoms with Crippen LogP contribution in [-0.2, 0) is 0 Å². The molecule has 0 aliphatic heterocycles. The molecule has 0 amide bonds. The van der Waals surface area contributed by atoms with Crippen LogP contribution in [0.3, 0.4) is 0 Å². The van der Waals surface area contributed by atoms with Gasteiger partial charge in [-0.05, 0) is 109 Å². The Morgan fingerprint density at radius 2 is 0.686 bits per heavy atom. The van der Waals surface area contributed by atoms with E-state index in [4.69, 9.17) is 9.97 Å². The molecule has 0 aliphatic rings. The largest absolute Gasteiger partial charge is 0.309 e. The Labute approximate surface area is 402 Å². The molecule has 0 aliphatic carbocycles. The van der Waals surface area contributed by atoms with Gasteiger partial charge in [0.25, 0.3) is 0 Å². The first-order valence-corrected chi connectivity index (χ1v) is 24.0. The fourth-order valence-electron chi connectivity index (χ4n) is 11.6. The number of benzene rings is 12. The Hall–Kier alpha value is -9.38. The van der Waals surface area contributed by atoms with Crippen molar-refractivity contribution in [1.29, 1.82) is 0 Å². The van der Waals surface area contributed by atoms with Crippen LogP contribution in [0.4, 0.5) is 0 Å². The maximum atomic E-state index is 5.58. The zero-order valence-electron chi connectivity index (χ0n) is 37.9. The summed E-state index contributed by atoms with van der Waals surface area (Å²) in [5.41, 5.74) is 15.1. The van der Waals surface area contributed by atoms with Gasteiger partial charge in [-0.3, -0.25) is 4.98 Å². The van der Waals surface area contributed by atoms with Crippen LogP contribution in [0.25, 0.3) is 143 Å². The van der Waals surface area contributed by atoms with E-state index in [-0.39, 0.29) is 0 Å². The molecule has 4 nitrogen and oxygen atoms in total. The fraction of sp³-hybridized carbons (Fsp3) is 0. The van der Waals surface area contributed by atoms with Crippen molar-refractivity contribution in [3.63, 3.8) is 0 Å². The molecule has 0 unspecified atom stereocenters. The van der Waals surface area contributed by atoms with E-state index >= 15 is 0 Å². The summed E-state index contributed by atoms with van der Waals surface area (Å²) in [6.45, 7) is 0. The highest BCUT2D eigenvalue weighted by Crippen LogP contribution is 2.42. The third-order valence-electron chi connectivity index (χ3n) is 14.7. The van der Waals surface area contributed by atoms with E-state index in [2.05, 4.69) is 246 Å². The zero-order valence-corrected chi connectivity index (χ0v) is 37.9. The van der Waals surface area contributed by atoms with Gasteiger partial charge in [-0.25, -0.2) is 4.98 Å². The standard InChI is InChI=1S/C66H40N4/c1-3-19-48-41(15-1)17-13-27-50(48)43-31-33-63-58(37-43)54-23-9-11-29-61(54)69(63)46-35-45(60-40-67-65-56-25-7-5-21-52(56)53-22-6-8-26-57(53)66(65)68-60)36-47(39-46)70-62-30-12-10-24-55(62)59-38-44(32-34-64(59)70)51-28-14-18-42-16-2-4-20-49(42)51/h1-40H. The minimum atomic E-state index is 0.814. The molecule has 4 heteroatoms. The summed E-state index contributed by atoms with van der Waals surface area (Å²) in [6.07, 6.45) is 1.97. The number of hydrogen-bond donors (Lipinski definition) is 0. The molecule has 0 fully saturated rings. The van der Waals surface area contributed by atoms with Gasteiger partial charge in [0.1, 0.15) is 0 Å². The molecule has 0 saturated carbocycles. The Balaban J connectivity index is 1.00. The maximum absolute atomic E-state index is 5.58. The highest BCUT2D eigenvalue weighted by atomic mass is 15.0. The van der Waals surface area contributed by atoms with Crippen molar-refractivity contribution < 1.29 is 0 Å². The summed E-state index contributed by atoms with van der Waals surface area (Å²) in [7, 11) is 0. The van der Waals surface area contributed by atoms with Crippen LogP contribution < -0.4 is 0 Å². The molecular weight excluding hydrogens is 849 g/mol. The smallest absolute Gasteiger partial charge is 0.0979 e. The van der Waals surface area contributed by atoms with Gasteiger partial charge >= 0.3 is 0 Å². The second kappa shape index (κ2) is 15.1. The molecule has 3 heterocycles. The Bertz CT molecular complexity index is 4410. The number of aromatic nitrogens is 4. The normalized spacial score (nSPS) is 12.0.